The van der Waals surface area contributed by atoms with Gasteiger partial charge in [0.15, 0.2) is 0 Å². The quantitative estimate of drug-likeness (QED) is 0.559. The van der Waals surface area contributed by atoms with Crippen LogP contribution in [0.25, 0.3) is 0 Å². The molecule has 0 bridgehead atoms. The molecule has 0 aliphatic carbocycles. The van der Waals surface area contributed by atoms with E-state index in [9.17, 15) is 9.59 Å². The van der Waals surface area contributed by atoms with E-state index < -0.39 is 0 Å². The first kappa shape index (κ1) is 12.9. The van der Waals surface area contributed by atoms with Crippen molar-refractivity contribution in [3.63, 3.8) is 0 Å². The molecule has 4 nitrogen and oxygen atoms in total. The third-order valence-corrected chi connectivity index (χ3v) is 1.81. The van der Waals surface area contributed by atoms with Gasteiger partial charge in [-0.2, -0.15) is 0 Å². The largest absolute Gasteiger partial charge is 0.461 e. The molecule has 14 heavy (non-hydrogen) atoms. The Labute approximate surface area is 84.6 Å². The van der Waals surface area contributed by atoms with Crippen molar-refractivity contribution in [1.29, 1.82) is 0 Å². The summed E-state index contributed by atoms with van der Waals surface area (Å²) >= 11 is 0. The standard InChI is InChI=1S/C6H6O4.2C2H6/c7-5-1-3-4(10-5)2-9-6(3)8;2*1-2/h3-4H,1-2H2;2*1-2H3. The molecule has 2 rings (SSSR count). The van der Waals surface area contributed by atoms with Gasteiger partial charge in [0.2, 0.25) is 0 Å². The van der Waals surface area contributed by atoms with Crippen LogP contribution in [0.2, 0.25) is 0 Å². The van der Waals surface area contributed by atoms with Crippen molar-refractivity contribution >= 4 is 11.9 Å². The van der Waals surface area contributed by atoms with E-state index in [1.165, 1.54) is 0 Å². The molecule has 2 aliphatic rings. The fourth-order valence-electron chi connectivity index (χ4n) is 1.27. The molecule has 2 fully saturated rings. The van der Waals surface area contributed by atoms with Crippen molar-refractivity contribution in [3.05, 3.63) is 0 Å². The first-order valence-electron chi connectivity index (χ1n) is 5.13. The molecule has 2 atom stereocenters. The lowest BCUT2D eigenvalue weighted by Gasteiger charge is -1.99. The summed E-state index contributed by atoms with van der Waals surface area (Å²) in [6, 6.07) is 0. The van der Waals surface area contributed by atoms with Gasteiger partial charge in [-0.05, 0) is 0 Å². The molecule has 82 valence electrons. The summed E-state index contributed by atoms with van der Waals surface area (Å²) in [6.07, 6.45) is -0.0938. The van der Waals surface area contributed by atoms with Crippen molar-refractivity contribution in [2.24, 2.45) is 5.92 Å². The molecule has 2 heterocycles. The van der Waals surface area contributed by atoms with Crippen LogP contribution >= 0.6 is 0 Å². The summed E-state index contributed by atoms with van der Waals surface area (Å²) in [6.45, 7) is 8.25. The molecule has 2 aliphatic heterocycles. The molecule has 0 aromatic rings. The van der Waals surface area contributed by atoms with Crippen molar-refractivity contribution in [2.75, 3.05) is 6.61 Å². The summed E-state index contributed by atoms with van der Waals surface area (Å²) in [7, 11) is 0. The number of fused-ring (bicyclic) bond motifs is 1. The number of carbonyl (C=O) groups excluding carboxylic acids is 2. The molecular weight excluding hydrogens is 184 g/mol. The smallest absolute Gasteiger partial charge is 0.313 e. The van der Waals surface area contributed by atoms with E-state index in [0.29, 0.717) is 0 Å². The fraction of sp³-hybridized carbons (Fsp3) is 0.800. The zero-order valence-corrected chi connectivity index (χ0v) is 9.20. The maximum Gasteiger partial charge on any atom is 0.313 e. The Morgan fingerprint density at radius 2 is 1.71 bits per heavy atom. The summed E-state index contributed by atoms with van der Waals surface area (Å²) in [5.74, 6) is -0.894. The number of hydrogen-bond donors (Lipinski definition) is 0. The second kappa shape index (κ2) is 6.40. The lowest BCUT2D eigenvalue weighted by molar-refractivity contribution is -0.147. The average molecular weight is 202 g/mol. The molecule has 0 aromatic heterocycles. The molecule has 0 saturated carbocycles. The van der Waals surface area contributed by atoms with Crippen molar-refractivity contribution in [3.8, 4) is 0 Å². The highest BCUT2D eigenvalue weighted by molar-refractivity contribution is 5.85. The lowest BCUT2D eigenvalue weighted by Crippen LogP contribution is -2.14. The number of rotatable bonds is 0. The van der Waals surface area contributed by atoms with Crippen molar-refractivity contribution in [1.82, 2.24) is 0 Å². The number of carbonyl (C=O) groups is 2. The highest BCUT2D eigenvalue weighted by Gasteiger charge is 2.46. The van der Waals surface area contributed by atoms with Crippen LogP contribution in [0.15, 0.2) is 0 Å². The van der Waals surface area contributed by atoms with Gasteiger partial charge < -0.3 is 9.47 Å². The third-order valence-electron chi connectivity index (χ3n) is 1.81. The molecule has 2 unspecified atom stereocenters. The predicted octanol–water partition coefficient (Wildman–Crippen LogP) is 1.53. The van der Waals surface area contributed by atoms with E-state index in [0.717, 1.165) is 0 Å². The summed E-state index contributed by atoms with van der Waals surface area (Å²) < 4.78 is 9.42. The van der Waals surface area contributed by atoms with E-state index in [4.69, 9.17) is 4.74 Å². The highest BCUT2D eigenvalue weighted by Crippen LogP contribution is 2.28. The molecule has 0 aromatic carbocycles. The third kappa shape index (κ3) is 2.72. The van der Waals surface area contributed by atoms with Crippen LogP contribution in [-0.2, 0) is 19.1 Å². The Hall–Kier alpha value is -1.06. The second-order valence-electron chi connectivity index (χ2n) is 2.47. The number of cyclic esters (lactones) is 1. The van der Waals surface area contributed by atoms with Crippen LogP contribution in [0, 0.1) is 5.92 Å². The molecule has 0 N–H and O–H groups in total. The normalized spacial score (nSPS) is 27.4. The van der Waals surface area contributed by atoms with Gasteiger partial charge in [0.25, 0.3) is 0 Å². The van der Waals surface area contributed by atoms with Gasteiger partial charge in [-0.3, -0.25) is 9.59 Å². The van der Waals surface area contributed by atoms with Crippen molar-refractivity contribution in [2.45, 2.75) is 40.2 Å². The van der Waals surface area contributed by atoms with E-state index >= 15 is 0 Å². The van der Waals surface area contributed by atoms with Gasteiger partial charge >= 0.3 is 11.9 Å². The van der Waals surface area contributed by atoms with Gasteiger partial charge in [0, 0.05) is 0 Å². The minimum absolute atomic E-state index is 0.198. The summed E-state index contributed by atoms with van der Waals surface area (Å²) in [5.41, 5.74) is 0. The molecule has 0 amide bonds. The van der Waals surface area contributed by atoms with Crippen LogP contribution in [-0.4, -0.2) is 24.6 Å². The Morgan fingerprint density at radius 1 is 1.14 bits per heavy atom. The fourth-order valence-corrected chi connectivity index (χ4v) is 1.27. The molecule has 2 saturated heterocycles. The minimum Gasteiger partial charge on any atom is -0.461 e. The summed E-state index contributed by atoms with van der Waals surface area (Å²) in [5, 5.41) is 0. The molecular formula is C10H18O4. The van der Waals surface area contributed by atoms with Gasteiger partial charge in [0.1, 0.15) is 18.6 Å². The highest BCUT2D eigenvalue weighted by atomic mass is 16.6. The van der Waals surface area contributed by atoms with E-state index in [1.807, 2.05) is 27.7 Å². The molecule has 0 radical (unpaired) electrons. The maximum atomic E-state index is 10.7. The van der Waals surface area contributed by atoms with E-state index in [1.54, 1.807) is 0 Å². The Morgan fingerprint density at radius 3 is 2.21 bits per heavy atom. The van der Waals surface area contributed by atoms with Gasteiger partial charge in [-0.25, -0.2) is 0 Å². The monoisotopic (exact) mass is 202 g/mol. The second-order valence-corrected chi connectivity index (χ2v) is 2.47. The van der Waals surface area contributed by atoms with Gasteiger partial charge in [0.05, 0.1) is 6.42 Å². The van der Waals surface area contributed by atoms with Crippen LogP contribution < -0.4 is 0 Å². The van der Waals surface area contributed by atoms with Crippen LogP contribution in [0.1, 0.15) is 34.1 Å². The first-order chi connectivity index (χ1) is 6.77. The zero-order valence-electron chi connectivity index (χ0n) is 9.20. The van der Waals surface area contributed by atoms with Crippen molar-refractivity contribution < 1.29 is 19.1 Å². The lowest BCUT2D eigenvalue weighted by atomic mass is 10.1. The van der Waals surface area contributed by atoms with Crippen LogP contribution in [0.5, 0.6) is 0 Å². The number of hydrogen-bond acceptors (Lipinski definition) is 4. The topological polar surface area (TPSA) is 52.6 Å². The average Bonchev–Trinajstić information content (AvgIpc) is 2.75. The zero-order chi connectivity index (χ0) is 11.1. The molecule has 0 spiro atoms. The SMILES string of the molecule is CC.CC.O=C1CC2C(=O)OCC2O1. The van der Waals surface area contributed by atoms with Crippen LogP contribution in [0.3, 0.4) is 0 Å². The predicted molar refractivity (Wildman–Crippen MR) is 51.6 cm³/mol. The maximum absolute atomic E-state index is 10.7. The van der Waals surface area contributed by atoms with Gasteiger partial charge in [-0.1, -0.05) is 27.7 Å². The number of ether oxygens (including phenoxy) is 2. The molecule has 4 heteroatoms. The van der Waals surface area contributed by atoms with Gasteiger partial charge in [-0.15, -0.1) is 0 Å². The Kier molecular flexibility index (Phi) is 5.92. The Bertz CT molecular complexity index is 200. The minimum atomic E-state index is -0.313. The van der Waals surface area contributed by atoms with E-state index in [-0.39, 0.29) is 37.0 Å². The first-order valence-corrected chi connectivity index (χ1v) is 5.13. The van der Waals surface area contributed by atoms with Crippen LogP contribution in [0.4, 0.5) is 0 Å². The number of esters is 2. The Balaban J connectivity index is 0.000000379. The van der Waals surface area contributed by atoms with E-state index in [2.05, 4.69) is 4.74 Å². The summed E-state index contributed by atoms with van der Waals surface area (Å²) in [4.78, 5) is 21.3.